The second kappa shape index (κ2) is 7.89. The van der Waals surface area contributed by atoms with Crippen LogP contribution in [-0.2, 0) is 4.74 Å². The minimum Gasteiger partial charge on any atom is -0.464 e. The molecule has 0 atom stereocenters. The summed E-state index contributed by atoms with van der Waals surface area (Å²) in [7, 11) is 0. The van der Waals surface area contributed by atoms with Gasteiger partial charge in [0.1, 0.15) is 11.4 Å². The highest BCUT2D eigenvalue weighted by Gasteiger charge is 2.31. The quantitative estimate of drug-likeness (QED) is 0.800. The minimum absolute atomic E-state index is 0.182. The van der Waals surface area contributed by atoms with Crippen LogP contribution in [0.4, 0.5) is 9.18 Å². The average Bonchev–Trinajstić information content (AvgIpc) is 3.11. The molecule has 2 saturated heterocycles. The molecule has 0 N–H and O–H groups in total. The van der Waals surface area contributed by atoms with Crippen molar-refractivity contribution in [2.75, 3.05) is 32.8 Å². The third-order valence-corrected chi connectivity index (χ3v) is 6.04. The Morgan fingerprint density at radius 1 is 1.19 bits per heavy atom. The van der Waals surface area contributed by atoms with Gasteiger partial charge in [-0.1, -0.05) is 0 Å². The number of halogens is 1. The highest BCUT2D eigenvalue weighted by Crippen LogP contribution is 2.35. The molecule has 0 spiro atoms. The van der Waals surface area contributed by atoms with Crippen molar-refractivity contribution in [2.45, 2.75) is 44.6 Å². The molecule has 0 aliphatic carbocycles. The molecular formula is C21H27FN2O3. The van der Waals surface area contributed by atoms with E-state index in [0.29, 0.717) is 24.1 Å². The molecule has 4 rings (SSSR count). The van der Waals surface area contributed by atoms with Crippen molar-refractivity contribution in [1.82, 2.24) is 9.80 Å². The van der Waals surface area contributed by atoms with Gasteiger partial charge in [0.25, 0.3) is 0 Å². The molecule has 6 heteroatoms. The van der Waals surface area contributed by atoms with E-state index < -0.39 is 0 Å². The second-order valence-electron chi connectivity index (χ2n) is 7.56. The Morgan fingerprint density at radius 3 is 2.63 bits per heavy atom. The average molecular weight is 374 g/mol. The first-order chi connectivity index (χ1) is 13.2. The van der Waals surface area contributed by atoms with Crippen molar-refractivity contribution in [2.24, 2.45) is 0 Å². The first-order valence-electron chi connectivity index (χ1n) is 9.98. The number of piperidine rings is 2. The number of rotatable bonds is 3. The molecule has 5 nitrogen and oxygen atoms in total. The van der Waals surface area contributed by atoms with E-state index in [4.69, 9.17) is 9.15 Å². The molecule has 0 unspecified atom stereocenters. The minimum atomic E-state index is -0.257. The van der Waals surface area contributed by atoms with Crippen LogP contribution in [0.5, 0.6) is 0 Å². The third kappa shape index (κ3) is 3.81. The molecule has 146 valence electrons. The number of ether oxygens (including phenoxy) is 1. The summed E-state index contributed by atoms with van der Waals surface area (Å²) in [6.45, 7) is 5.95. The highest BCUT2D eigenvalue weighted by atomic mass is 19.1. The lowest BCUT2D eigenvalue weighted by Gasteiger charge is -2.41. The van der Waals surface area contributed by atoms with Gasteiger partial charge in [0, 0.05) is 36.1 Å². The number of benzene rings is 1. The van der Waals surface area contributed by atoms with Crippen LogP contribution in [0.25, 0.3) is 11.0 Å². The lowest BCUT2D eigenvalue weighted by molar-refractivity contribution is 0.0663. The molecule has 2 aliphatic heterocycles. The zero-order chi connectivity index (χ0) is 18.8. The summed E-state index contributed by atoms with van der Waals surface area (Å²) in [5.41, 5.74) is 1.85. The van der Waals surface area contributed by atoms with Crippen LogP contribution in [0.2, 0.25) is 0 Å². The maximum absolute atomic E-state index is 13.4. The molecule has 0 saturated carbocycles. The summed E-state index contributed by atoms with van der Waals surface area (Å²) < 4.78 is 24.0. The van der Waals surface area contributed by atoms with E-state index in [2.05, 4.69) is 4.90 Å². The van der Waals surface area contributed by atoms with Gasteiger partial charge in [-0.2, -0.15) is 0 Å². The SMILES string of the molecule is CCOC(=O)N1CCC(N2CCC(c3coc4cc(F)ccc34)CC2)CC1. The molecule has 3 heterocycles. The van der Waals surface area contributed by atoms with Crippen molar-refractivity contribution in [1.29, 1.82) is 0 Å². The fourth-order valence-electron chi connectivity index (χ4n) is 4.54. The Balaban J connectivity index is 1.32. The number of amides is 1. The molecular weight excluding hydrogens is 347 g/mol. The number of fused-ring (bicyclic) bond motifs is 1. The number of hydrogen-bond donors (Lipinski definition) is 0. The van der Waals surface area contributed by atoms with E-state index in [0.717, 1.165) is 57.2 Å². The Morgan fingerprint density at radius 2 is 1.93 bits per heavy atom. The maximum Gasteiger partial charge on any atom is 0.409 e. The summed E-state index contributed by atoms with van der Waals surface area (Å²) in [5.74, 6) is 0.208. The van der Waals surface area contributed by atoms with E-state index in [1.165, 1.54) is 17.7 Å². The summed E-state index contributed by atoms with van der Waals surface area (Å²) in [5, 5.41) is 1.04. The van der Waals surface area contributed by atoms with Gasteiger partial charge in [0.15, 0.2) is 0 Å². The van der Waals surface area contributed by atoms with Crippen molar-refractivity contribution in [3.8, 4) is 0 Å². The lowest BCUT2D eigenvalue weighted by Crippen LogP contribution is -2.48. The van der Waals surface area contributed by atoms with Crippen molar-refractivity contribution < 1.29 is 18.3 Å². The number of likely N-dealkylation sites (tertiary alicyclic amines) is 2. The fourth-order valence-corrected chi connectivity index (χ4v) is 4.54. The summed E-state index contributed by atoms with van der Waals surface area (Å²) in [6, 6.07) is 5.35. The Hall–Kier alpha value is -2.08. The maximum atomic E-state index is 13.4. The summed E-state index contributed by atoms with van der Waals surface area (Å²) >= 11 is 0. The van der Waals surface area contributed by atoms with Gasteiger partial charge < -0.3 is 19.0 Å². The lowest BCUT2D eigenvalue weighted by atomic mass is 9.88. The van der Waals surface area contributed by atoms with Crippen molar-refractivity contribution in [3.63, 3.8) is 0 Å². The van der Waals surface area contributed by atoms with Crippen LogP contribution in [0, 0.1) is 5.82 Å². The van der Waals surface area contributed by atoms with E-state index in [1.54, 1.807) is 0 Å². The molecule has 2 aliphatic rings. The van der Waals surface area contributed by atoms with Crippen LogP contribution in [-0.4, -0.2) is 54.7 Å². The van der Waals surface area contributed by atoms with Crippen LogP contribution in [0.15, 0.2) is 28.9 Å². The molecule has 1 amide bonds. The first-order valence-corrected chi connectivity index (χ1v) is 9.98. The summed E-state index contributed by atoms with van der Waals surface area (Å²) in [4.78, 5) is 16.2. The topological polar surface area (TPSA) is 45.9 Å². The van der Waals surface area contributed by atoms with E-state index in [1.807, 2.05) is 24.2 Å². The fraction of sp³-hybridized carbons (Fsp3) is 0.571. The normalized spacial score (nSPS) is 20.3. The smallest absolute Gasteiger partial charge is 0.409 e. The van der Waals surface area contributed by atoms with Crippen LogP contribution in [0.1, 0.15) is 44.1 Å². The van der Waals surface area contributed by atoms with Crippen molar-refractivity contribution >= 4 is 17.1 Å². The van der Waals surface area contributed by atoms with Crippen LogP contribution in [0.3, 0.4) is 0 Å². The largest absolute Gasteiger partial charge is 0.464 e. The predicted molar refractivity (Wildman–Crippen MR) is 101 cm³/mol. The summed E-state index contributed by atoms with van der Waals surface area (Å²) in [6.07, 6.45) is 5.82. The third-order valence-electron chi connectivity index (χ3n) is 6.04. The zero-order valence-corrected chi connectivity index (χ0v) is 15.8. The number of carbonyl (C=O) groups excluding carboxylic acids is 1. The Kier molecular flexibility index (Phi) is 5.34. The molecule has 0 radical (unpaired) electrons. The molecule has 1 aromatic heterocycles. The number of nitrogens with zero attached hydrogens (tertiary/aromatic N) is 2. The van der Waals surface area contributed by atoms with Gasteiger partial charge in [-0.3, -0.25) is 0 Å². The molecule has 0 bridgehead atoms. The van der Waals surface area contributed by atoms with Crippen molar-refractivity contribution in [3.05, 3.63) is 35.8 Å². The first kappa shape index (κ1) is 18.3. The van der Waals surface area contributed by atoms with Gasteiger partial charge in [-0.15, -0.1) is 0 Å². The van der Waals surface area contributed by atoms with Gasteiger partial charge in [-0.05, 0) is 63.7 Å². The zero-order valence-electron chi connectivity index (χ0n) is 15.8. The molecule has 2 fully saturated rings. The van der Waals surface area contributed by atoms with Crippen LogP contribution < -0.4 is 0 Å². The van der Waals surface area contributed by atoms with Gasteiger partial charge in [0.05, 0.1) is 12.9 Å². The highest BCUT2D eigenvalue weighted by molar-refractivity contribution is 5.81. The van der Waals surface area contributed by atoms with Gasteiger partial charge in [-0.25, -0.2) is 9.18 Å². The monoisotopic (exact) mass is 374 g/mol. The van der Waals surface area contributed by atoms with Gasteiger partial charge >= 0.3 is 6.09 Å². The Bertz CT molecular complexity index is 790. The number of furan rings is 1. The number of hydrogen-bond acceptors (Lipinski definition) is 4. The van der Waals surface area contributed by atoms with Gasteiger partial charge in [0.2, 0.25) is 0 Å². The predicted octanol–water partition coefficient (Wildman–Crippen LogP) is 4.37. The van der Waals surface area contributed by atoms with Crippen LogP contribution >= 0.6 is 0 Å². The van der Waals surface area contributed by atoms with E-state index in [9.17, 15) is 9.18 Å². The second-order valence-corrected chi connectivity index (χ2v) is 7.56. The Labute approximate surface area is 159 Å². The van der Waals surface area contributed by atoms with E-state index >= 15 is 0 Å². The molecule has 2 aromatic rings. The molecule has 1 aromatic carbocycles. The molecule has 27 heavy (non-hydrogen) atoms. The van der Waals surface area contributed by atoms with E-state index in [-0.39, 0.29) is 11.9 Å². The standard InChI is InChI=1S/C21H27FN2O3/c1-2-26-21(25)24-11-7-17(8-12-24)23-9-5-15(6-10-23)19-14-27-20-13-16(22)3-4-18(19)20/h3-4,13-15,17H,2,5-12H2,1H3. The number of carbonyl (C=O) groups is 1.